The van der Waals surface area contributed by atoms with Gasteiger partial charge in [0.1, 0.15) is 5.76 Å². The van der Waals surface area contributed by atoms with Crippen molar-refractivity contribution >= 4 is 5.91 Å². The third-order valence-electron chi connectivity index (χ3n) is 5.40. The lowest BCUT2D eigenvalue weighted by Gasteiger charge is -2.35. The fourth-order valence-corrected chi connectivity index (χ4v) is 3.95. The number of carbonyl (C=O) groups excluding carboxylic acids is 1. The first kappa shape index (κ1) is 18.5. The molecule has 3 aromatic rings. The summed E-state index contributed by atoms with van der Waals surface area (Å²) < 4.78 is 12.5. The van der Waals surface area contributed by atoms with Crippen LogP contribution in [0.4, 0.5) is 0 Å². The quantitative estimate of drug-likeness (QED) is 0.687. The standard InChI is InChI=1S/C20H25N5O3/c1-12-9-18(28-22-12)16-11-24(4)21-20(16)17-7-5-6-8-25(17)19(26)10-15-13(2)23-27-14(15)3/h9,11,17H,5-8,10H2,1-4H3/t17-/m0/s1. The number of nitrogens with zero attached hydrogens (tertiary/aromatic N) is 5. The van der Waals surface area contributed by atoms with E-state index in [-0.39, 0.29) is 11.9 Å². The van der Waals surface area contributed by atoms with Crippen molar-refractivity contribution in [3.63, 3.8) is 0 Å². The summed E-state index contributed by atoms with van der Waals surface area (Å²) in [4.78, 5) is 15.1. The molecule has 0 N–H and O–H groups in total. The van der Waals surface area contributed by atoms with Crippen molar-refractivity contribution in [1.29, 1.82) is 0 Å². The molecule has 4 heterocycles. The number of amides is 1. The van der Waals surface area contributed by atoms with E-state index in [1.165, 1.54) is 0 Å². The van der Waals surface area contributed by atoms with Crippen molar-refractivity contribution in [3.8, 4) is 11.3 Å². The minimum atomic E-state index is -0.0803. The van der Waals surface area contributed by atoms with Crippen molar-refractivity contribution in [1.82, 2.24) is 25.0 Å². The summed E-state index contributed by atoms with van der Waals surface area (Å²) in [6.07, 6.45) is 5.16. The fraction of sp³-hybridized carbons (Fsp3) is 0.500. The molecule has 0 unspecified atom stereocenters. The summed E-state index contributed by atoms with van der Waals surface area (Å²) in [7, 11) is 1.88. The van der Waals surface area contributed by atoms with Crippen molar-refractivity contribution in [2.24, 2.45) is 7.05 Å². The van der Waals surface area contributed by atoms with Gasteiger partial charge in [-0.3, -0.25) is 9.48 Å². The molecule has 1 aliphatic heterocycles. The first-order valence-electron chi connectivity index (χ1n) is 9.62. The van der Waals surface area contributed by atoms with Crippen LogP contribution in [0.5, 0.6) is 0 Å². The smallest absolute Gasteiger partial charge is 0.227 e. The maximum Gasteiger partial charge on any atom is 0.227 e. The monoisotopic (exact) mass is 383 g/mol. The summed E-state index contributed by atoms with van der Waals surface area (Å²) in [5, 5.41) is 12.7. The number of hydrogen-bond donors (Lipinski definition) is 0. The first-order valence-corrected chi connectivity index (χ1v) is 9.62. The zero-order valence-corrected chi connectivity index (χ0v) is 16.7. The number of hydrogen-bond acceptors (Lipinski definition) is 6. The predicted octanol–water partition coefficient (Wildman–Crippen LogP) is 3.28. The molecule has 0 radical (unpaired) electrons. The summed E-state index contributed by atoms with van der Waals surface area (Å²) in [6.45, 7) is 6.33. The predicted molar refractivity (Wildman–Crippen MR) is 101 cm³/mol. The lowest BCUT2D eigenvalue weighted by Crippen LogP contribution is -2.40. The van der Waals surface area contributed by atoms with Gasteiger partial charge < -0.3 is 13.9 Å². The number of rotatable bonds is 4. The van der Waals surface area contributed by atoms with E-state index in [4.69, 9.17) is 9.05 Å². The molecule has 1 aliphatic rings. The number of aromatic nitrogens is 4. The lowest BCUT2D eigenvalue weighted by atomic mass is 9.95. The van der Waals surface area contributed by atoms with Gasteiger partial charge in [-0.25, -0.2) is 0 Å². The summed E-state index contributed by atoms with van der Waals surface area (Å²) in [5.74, 6) is 1.46. The van der Waals surface area contributed by atoms with Gasteiger partial charge in [-0.1, -0.05) is 10.3 Å². The van der Waals surface area contributed by atoms with Crippen LogP contribution in [0.2, 0.25) is 0 Å². The molecule has 8 heteroatoms. The Bertz CT molecular complexity index is 980. The lowest BCUT2D eigenvalue weighted by molar-refractivity contribution is -0.134. The number of piperidine rings is 1. The van der Waals surface area contributed by atoms with Crippen LogP contribution in [0, 0.1) is 20.8 Å². The van der Waals surface area contributed by atoms with Gasteiger partial charge in [-0.2, -0.15) is 5.10 Å². The van der Waals surface area contributed by atoms with Gasteiger partial charge in [0.2, 0.25) is 5.91 Å². The number of carbonyl (C=O) groups is 1. The van der Waals surface area contributed by atoms with E-state index in [0.29, 0.717) is 17.9 Å². The Kier molecular flexibility index (Phi) is 4.78. The van der Waals surface area contributed by atoms with E-state index in [1.54, 1.807) is 4.68 Å². The van der Waals surface area contributed by atoms with Gasteiger partial charge in [-0.15, -0.1) is 0 Å². The highest BCUT2D eigenvalue weighted by atomic mass is 16.5. The normalized spacial score (nSPS) is 17.3. The van der Waals surface area contributed by atoms with Gasteiger partial charge in [0.15, 0.2) is 5.76 Å². The SMILES string of the molecule is Cc1cc(-c2cn(C)nc2[C@@H]2CCCCN2C(=O)Cc2c(C)noc2C)on1. The van der Waals surface area contributed by atoms with Gasteiger partial charge in [-0.05, 0) is 40.0 Å². The van der Waals surface area contributed by atoms with Crippen LogP contribution in [0.1, 0.15) is 53.7 Å². The Labute approximate surface area is 163 Å². The zero-order valence-electron chi connectivity index (χ0n) is 16.7. The Morgan fingerprint density at radius 2 is 2.04 bits per heavy atom. The maximum atomic E-state index is 13.2. The van der Waals surface area contributed by atoms with Gasteiger partial charge >= 0.3 is 0 Å². The third kappa shape index (κ3) is 3.34. The molecule has 1 fully saturated rings. The Morgan fingerprint density at radius 1 is 1.21 bits per heavy atom. The molecule has 0 saturated carbocycles. The van der Waals surface area contributed by atoms with Crippen LogP contribution < -0.4 is 0 Å². The summed E-state index contributed by atoms with van der Waals surface area (Å²) >= 11 is 0. The minimum Gasteiger partial charge on any atom is -0.361 e. The molecule has 8 nitrogen and oxygen atoms in total. The van der Waals surface area contributed by atoms with E-state index in [0.717, 1.165) is 54.0 Å². The molecule has 0 bridgehead atoms. The largest absolute Gasteiger partial charge is 0.361 e. The zero-order chi connectivity index (χ0) is 19.8. The second kappa shape index (κ2) is 7.26. The van der Waals surface area contributed by atoms with Crippen LogP contribution in [0.25, 0.3) is 11.3 Å². The Balaban J connectivity index is 1.66. The highest BCUT2D eigenvalue weighted by Crippen LogP contribution is 2.36. The van der Waals surface area contributed by atoms with Crippen molar-refractivity contribution in [2.45, 2.75) is 52.5 Å². The first-order chi connectivity index (χ1) is 13.4. The molecule has 4 rings (SSSR count). The highest BCUT2D eigenvalue weighted by molar-refractivity contribution is 5.80. The van der Waals surface area contributed by atoms with E-state index >= 15 is 0 Å². The third-order valence-corrected chi connectivity index (χ3v) is 5.40. The van der Waals surface area contributed by atoms with Crippen molar-refractivity contribution in [3.05, 3.63) is 40.7 Å². The van der Waals surface area contributed by atoms with Gasteiger partial charge in [0, 0.05) is 31.4 Å². The molecule has 1 atom stereocenters. The van der Waals surface area contributed by atoms with Crippen molar-refractivity contribution in [2.75, 3.05) is 6.54 Å². The number of aryl methyl sites for hydroxylation is 4. The maximum absolute atomic E-state index is 13.2. The van der Waals surface area contributed by atoms with Gasteiger partial charge in [0.05, 0.1) is 35.1 Å². The molecule has 1 saturated heterocycles. The van der Waals surface area contributed by atoms with Crippen LogP contribution in [-0.4, -0.2) is 37.4 Å². The highest BCUT2D eigenvalue weighted by Gasteiger charge is 2.33. The summed E-state index contributed by atoms with van der Waals surface area (Å²) in [6, 6.07) is 1.82. The van der Waals surface area contributed by atoms with Crippen molar-refractivity contribution < 1.29 is 13.8 Å². The van der Waals surface area contributed by atoms with Crippen LogP contribution in [0.3, 0.4) is 0 Å². The van der Waals surface area contributed by atoms with Crippen LogP contribution in [0.15, 0.2) is 21.3 Å². The molecule has 148 valence electrons. The summed E-state index contributed by atoms with van der Waals surface area (Å²) in [5.41, 5.74) is 4.23. The number of likely N-dealkylation sites (tertiary alicyclic amines) is 1. The molecule has 0 spiro atoms. The van der Waals surface area contributed by atoms with Gasteiger partial charge in [0.25, 0.3) is 0 Å². The molecule has 0 aliphatic carbocycles. The Hall–Kier alpha value is -2.90. The Morgan fingerprint density at radius 3 is 2.71 bits per heavy atom. The second-order valence-electron chi connectivity index (χ2n) is 7.51. The fourth-order valence-electron chi connectivity index (χ4n) is 3.95. The molecular formula is C20H25N5O3. The van der Waals surface area contributed by atoms with E-state index in [1.807, 2.05) is 45.0 Å². The average molecular weight is 383 g/mol. The minimum absolute atomic E-state index is 0.0736. The van der Waals surface area contributed by atoms with Crippen LogP contribution in [-0.2, 0) is 18.3 Å². The molecule has 3 aromatic heterocycles. The van der Waals surface area contributed by atoms with E-state index < -0.39 is 0 Å². The molecule has 1 amide bonds. The molecule has 28 heavy (non-hydrogen) atoms. The topological polar surface area (TPSA) is 90.2 Å². The average Bonchev–Trinajstić information content (AvgIpc) is 3.36. The molecule has 0 aromatic carbocycles. The molecular weight excluding hydrogens is 358 g/mol. The van der Waals surface area contributed by atoms with Crippen LogP contribution >= 0.6 is 0 Å². The van der Waals surface area contributed by atoms with E-state index in [9.17, 15) is 4.79 Å². The second-order valence-corrected chi connectivity index (χ2v) is 7.51. The van der Waals surface area contributed by atoms with E-state index in [2.05, 4.69) is 15.4 Å².